The Morgan fingerprint density at radius 3 is 2.69 bits per heavy atom. The fraction of sp³-hybridized carbons (Fsp3) is 0.300. The molecule has 0 atom stereocenters. The molecule has 0 spiro atoms. The Balaban J connectivity index is 1.75. The molecule has 2 heterocycles. The molecule has 3 rings (SSSR count). The van der Waals surface area contributed by atoms with E-state index in [4.69, 9.17) is 9.88 Å². The summed E-state index contributed by atoms with van der Waals surface area (Å²) in [6.07, 6.45) is 4.14. The highest BCUT2D eigenvalue weighted by molar-refractivity contribution is 7.89. The van der Waals surface area contributed by atoms with Gasteiger partial charge >= 0.3 is 0 Å². The minimum Gasteiger partial charge on any atom is -0.476 e. The third-order valence-electron chi connectivity index (χ3n) is 4.59. The van der Waals surface area contributed by atoms with Gasteiger partial charge in [-0.15, -0.1) is 0 Å². The number of pyridine rings is 1. The molecule has 0 aliphatic carbocycles. The van der Waals surface area contributed by atoms with Gasteiger partial charge in [-0.25, -0.2) is 22.9 Å². The molecule has 0 aliphatic heterocycles. The van der Waals surface area contributed by atoms with Crippen LogP contribution in [0.5, 0.6) is 5.88 Å². The first-order valence-electron chi connectivity index (χ1n) is 9.09. The van der Waals surface area contributed by atoms with E-state index < -0.39 is 10.0 Å². The lowest BCUT2D eigenvalue weighted by molar-refractivity contribution is 0.281. The molecule has 0 saturated heterocycles. The van der Waals surface area contributed by atoms with Crippen molar-refractivity contribution in [3.05, 3.63) is 59.8 Å². The van der Waals surface area contributed by atoms with E-state index in [2.05, 4.69) is 10.1 Å². The van der Waals surface area contributed by atoms with Gasteiger partial charge in [0.25, 0.3) is 0 Å². The van der Waals surface area contributed by atoms with Gasteiger partial charge in [0.15, 0.2) is 0 Å². The first-order chi connectivity index (χ1) is 13.6. The predicted molar refractivity (Wildman–Crippen MR) is 108 cm³/mol. The summed E-state index contributed by atoms with van der Waals surface area (Å²) in [7, 11) is -3.78. The third-order valence-corrected chi connectivity index (χ3v) is 5.46. The van der Waals surface area contributed by atoms with Gasteiger partial charge in [-0.1, -0.05) is 13.8 Å². The molecule has 154 valence electrons. The van der Waals surface area contributed by atoms with Crippen molar-refractivity contribution in [2.24, 2.45) is 5.14 Å². The molecule has 1 aromatic carbocycles. The zero-order valence-electron chi connectivity index (χ0n) is 16.5. The standard InChI is InChI=1S/C20H23FN4O3S/c1-13(2)18-9-16(21)10-19(14(18)3)15-4-5-23-20(8-15)28-7-6-25-12-17(11-24-25)29(22,26)27/h4-5,8-13H,6-7H2,1-3H3,(H2,22,26,27). The van der Waals surface area contributed by atoms with Crippen LogP contribution in [-0.4, -0.2) is 29.8 Å². The first-order valence-corrected chi connectivity index (χ1v) is 10.6. The lowest BCUT2D eigenvalue weighted by Crippen LogP contribution is -2.12. The largest absolute Gasteiger partial charge is 0.476 e. The van der Waals surface area contributed by atoms with E-state index >= 15 is 0 Å². The van der Waals surface area contributed by atoms with Crippen molar-refractivity contribution in [1.29, 1.82) is 0 Å². The highest BCUT2D eigenvalue weighted by atomic mass is 32.2. The SMILES string of the molecule is Cc1c(-c2ccnc(OCCn3cc(S(N)(=O)=O)cn3)c2)cc(F)cc1C(C)C. The van der Waals surface area contributed by atoms with Gasteiger partial charge in [-0.05, 0) is 53.3 Å². The summed E-state index contributed by atoms with van der Waals surface area (Å²) in [5.41, 5.74) is 3.59. The van der Waals surface area contributed by atoms with Gasteiger partial charge in [0.05, 0.1) is 12.7 Å². The number of hydrogen-bond acceptors (Lipinski definition) is 5. The van der Waals surface area contributed by atoms with Gasteiger partial charge < -0.3 is 4.74 Å². The van der Waals surface area contributed by atoms with Crippen LogP contribution in [0.2, 0.25) is 0 Å². The molecule has 2 aromatic heterocycles. The van der Waals surface area contributed by atoms with E-state index in [9.17, 15) is 12.8 Å². The average molecular weight is 418 g/mol. The zero-order valence-corrected chi connectivity index (χ0v) is 17.3. The second-order valence-corrected chi connectivity index (χ2v) is 8.60. The van der Waals surface area contributed by atoms with E-state index in [0.717, 1.165) is 22.3 Å². The van der Waals surface area contributed by atoms with E-state index in [-0.39, 0.29) is 23.2 Å². The molecular formula is C20H23FN4O3S. The maximum Gasteiger partial charge on any atom is 0.241 e. The maximum absolute atomic E-state index is 14.1. The summed E-state index contributed by atoms with van der Waals surface area (Å²) < 4.78 is 43.8. The molecule has 29 heavy (non-hydrogen) atoms. The lowest BCUT2D eigenvalue weighted by atomic mass is 9.91. The van der Waals surface area contributed by atoms with Crippen molar-refractivity contribution in [2.45, 2.75) is 38.1 Å². The highest BCUT2D eigenvalue weighted by Crippen LogP contribution is 2.31. The van der Waals surface area contributed by atoms with Crippen LogP contribution >= 0.6 is 0 Å². The second kappa shape index (κ2) is 8.30. The van der Waals surface area contributed by atoms with Gasteiger partial charge in [-0.2, -0.15) is 5.10 Å². The van der Waals surface area contributed by atoms with E-state index in [1.54, 1.807) is 18.3 Å². The number of halogens is 1. The first kappa shape index (κ1) is 20.9. The maximum atomic E-state index is 14.1. The summed E-state index contributed by atoms with van der Waals surface area (Å²) in [5, 5.41) is 9.01. The van der Waals surface area contributed by atoms with E-state index in [1.807, 2.05) is 26.8 Å². The van der Waals surface area contributed by atoms with Crippen LogP contribution in [-0.2, 0) is 16.6 Å². The molecule has 0 fully saturated rings. The number of sulfonamides is 1. The van der Waals surface area contributed by atoms with Crippen molar-refractivity contribution in [3.8, 4) is 17.0 Å². The molecule has 0 saturated carbocycles. The Morgan fingerprint density at radius 2 is 2.03 bits per heavy atom. The van der Waals surface area contributed by atoms with Crippen LogP contribution in [0.4, 0.5) is 4.39 Å². The number of hydrogen-bond donors (Lipinski definition) is 1. The summed E-state index contributed by atoms with van der Waals surface area (Å²) in [4.78, 5) is 4.13. The van der Waals surface area contributed by atoms with Crippen molar-refractivity contribution in [3.63, 3.8) is 0 Å². The fourth-order valence-electron chi connectivity index (χ4n) is 3.11. The van der Waals surface area contributed by atoms with Crippen LogP contribution < -0.4 is 9.88 Å². The molecular weight excluding hydrogens is 395 g/mol. The van der Waals surface area contributed by atoms with Crippen molar-refractivity contribution >= 4 is 10.0 Å². The van der Waals surface area contributed by atoms with Gasteiger partial charge in [0.1, 0.15) is 17.3 Å². The molecule has 9 heteroatoms. The minimum atomic E-state index is -3.78. The number of rotatable bonds is 7. The van der Waals surface area contributed by atoms with Crippen LogP contribution in [0.1, 0.15) is 30.9 Å². The van der Waals surface area contributed by atoms with Crippen LogP contribution in [0.15, 0.2) is 47.8 Å². The van der Waals surface area contributed by atoms with Crippen molar-refractivity contribution < 1.29 is 17.5 Å². The number of nitrogens with two attached hydrogens (primary N) is 1. The number of aromatic nitrogens is 3. The lowest BCUT2D eigenvalue weighted by Gasteiger charge is -2.15. The van der Waals surface area contributed by atoms with Gasteiger partial charge in [0, 0.05) is 18.5 Å². The van der Waals surface area contributed by atoms with Crippen molar-refractivity contribution in [2.75, 3.05) is 6.61 Å². The number of nitrogens with zero attached hydrogens (tertiary/aromatic N) is 3. The molecule has 0 radical (unpaired) electrons. The van der Waals surface area contributed by atoms with Crippen LogP contribution in [0, 0.1) is 12.7 Å². The Bertz CT molecular complexity index is 1130. The Morgan fingerprint density at radius 1 is 1.28 bits per heavy atom. The molecule has 0 aliphatic rings. The summed E-state index contributed by atoms with van der Waals surface area (Å²) in [5.74, 6) is 0.312. The fourth-order valence-corrected chi connectivity index (χ4v) is 3.58. The smallest absolute Gasteiger partial charge is 0.241 e. The second-order valence-electron chi connectivity index (χ2n) is 7.04. The molecule has 7 nitrogen and oxygen atoms in total. The monoisotopic (exact) mass is 418 g/mol. The summed E-state index contributed by atoms with van der Waals surface area (Å²) in [6, 6.07) is 6.65. The molecule has 0 unspecified atom stereocenters. The zero-order chi connectivity index (χ0) is 21.2. The number of primary sulfonamides is 1. The quantitative estimate of drug-likeness (QED) is 0.635. The highest BCUT2D eigenvalue weighted by Gasteiger charge is 2.13. The topological polar surface area (TPSA) is 100 Å². The average Bonchev–Trinajstić information content (AvgIpc) is 3.13. The normalized spacial score (nSPS) is 11.8. The predicted octanol–water partition coefficient (Wildman–Crippen LogP) is 3.24. The third kappa shape index (κ3) is 4.99. The van der Waals surface area contributed by atoms with Gasteiger partial charge in [0.2, 0.25) is 15.9 Å². The summed E-state index contributed by atoms with van der Waals surface area (Å²) in [6.45, 7) is 6.58. The van der Waals surface area contributed by atoms with Crippen LogP contribution in [0.3, 0.4) is 0 Å². The molecule has 0 bridgehead atoms. The van der Waals surface area contributed by atoms with Crippen molar-refractivity contribution in [1.82, 2.24) is 14.8 Å². The number of ether oxygens (including phenoxy) is 1. The van der Waals surface area contributed by atoms with Crippen LogP contribution in [0.25, 0.3) is 11.1 Å². The number of benzene rings is 1. The van der Waals surface area contributed by atoms with E-state index in [0.29, 0.717) is 12.4 Å². The Hall–Kier alpha value is -2.78. The minimum absolute atomic E-state index is 0.0554. The Kier molecular flexibility index (Phi) is 5.99. The summed E-state index contributed by atoms with van der Waals surface area (Å²) >= 11 is 0. The molecule has 0 amide bonds. The van der Waals surface area contributed by atoms with E-state index in [1.165, 1.54) is 23.1 Å². The molecule has 2 N–H and O–H groups in total. The van der Waals surface area contributed by atoms with Gasteiger partial charge in [-0.3, -0.25) is 4.68 Å². The molecule has 3 aromatic rings. The Labute approximate surface area is 169 Å².